The van der Waals surface area contributed by atoms with E-state index in [1.54, 1.807) is 12.1 Å². The molecule has 2 bridgehead atoms. The van der Waals surface area contributed by atoms with Gasteiger partial charge in [0.1, 0.15) is 24.0 Å². The third-order valence-corrected chi connectivity index (χ3v) is 9.30. The predicted molar refractivity (Wildman–Crippen MR) is 167 cm³/mol. The number of carbonyl (C=O) groups excluding carboxylic acids is 3. The Morgan fingerprint density at radius 3 is 2.44 bits per heavy atom. The van der Waals surface area contributed by atoms with E-state index in [9.17, 15) is 24.6 Å². The van der Waals surface area contributed by atoms with Crippen LogP contribution in [0.1, 0.15) is 63.7 Å². The number of allylic oxidation sites excluding steroid dienone is 2. The minimum atomic E-state index is -1.58. The van der Waals surface area contributed by atoms with Crippen LogP contribution >= 0.6 is 0 Å². The number of rotatable bonds is 4. The first kappa shape index (κ1) is 28.6. The highest BCUT2D eigenvalue weighted by Gasteiger charge is 2.83. The van der Waals surface area contributed by atoms with Crippen molar-refractivity contribution in [2.75, 3.05) is 11.5 Å². The van der Waals surface area contributed by atoms with Crippen molar-refractivity contribution in [3.05, 3.63) is 94.6 Å². The Kier molecular flexibility index (Phi) is 6.32. The van der Waals surface area contributed by atoms with Crippen LogP contribution in [-0.2, 0) is 21.5 Å². The first-order valence-corrected chi connectivity index (χ1v) is 14.8. The normalized spacial score (nSPS) is 25.8. The molecule has 8 heteroatoms. The van der Waals surface area contributed by atoms with Gasteiger partial charge in [0.15, 0.2) is 23.3 Å². The monoisotopic (exact) mass is 599 g/mol. The number of aliphatic hydroxyl groups is 1. The average molecular weight is 600 g/mol. The molecule has 224 valence electrons. The lowest BCUT2D eigenvalue weighted by atomic mass is 9.67. The van der Waals surface area contributed by atoms with Crippen LogP contribution in [0.25, 0.3) is 10.8 Å². The van der Waals surface area contributed by atoms with Crippen molar-refractivity contribution in [2.24, 2.45) is 5.92 Å². The Balaban J connectivity index is 1.57. The minimum Gasteiger partial charge on any atom is -0.507 e. The number of nitrogens with zero attached hydrogens (tertiary/aromatic N) is 1. The van der Waals surface area contributed by atoms with E-state index in [1.807, 2.05) is 39.0 Å². The molecule has 2 aliphatic heterocycles. The van der Waals surface area contributed by atoms with Gasteiger partial charge < -0.3 is 19.7 Å². The first-order chi connectivity index (χ1) is 21.6. The van der Waals surface area contributed by atoms with Crippen LogP contribution in [0.3, 0.4) is 0 Å². The standard InChI is InChI=1S/C37H29NO7/c1-5-15-44-35(43)38-28-11-9-7-8-10-12-29(40)37(36(28,45-37)20(3)4)26-19-27(39)30-31(32(26)38)34(42)24-17-22-14-13-21(6-2)16-23(22)18-25(24)33(30)41/h5,7-8,13-14,16-20,28-29,39-40H,1,6,15H2,2-4H3/b8-7-/t28-,29-,36-,37-/m0/s1. The van der Waals surface area contributed by atoms with Crippen LogP contribution in [0.5, 0.6) is 5.75 Å². The molecule has 45 heavy (non-hydrogen) atoms. The average Bonchev–Trinajstić information content (AvgIpc) is 3.76. The topological polar surface area (TPSA) is 117 Å². The molecule has 0 unspecified atom stereocenters. The number of phenols is 1. The summed E-state index contributed by atoms with van der Waals surface area (Å²) in [4.78, 5) is 44.0. The lowest BCUT2D eigenvalue weighted by molar-refractivity contribution is 0.0975. The molecule has 0 spiro atoms. The highest BCUT2D eigenvalue weighted by Crippen LogP contribution is 2.70. The smallest absolute Gasteiger partial charge is 0.415 e. The maximum Gasteiger partial charge on any atom is 0.415 e. The molecular weight excluding hydrogens is 570 g/mol. The number of amides is 1. The van der Waals surface area contributed by atoms with Crippen LogP contribution in [0.2, 0.25) is 0 Å². The summed E-state index contributed by atoms with van der Waals surface area (Å²) in [5, 5.41) is 24.7. The van der Waals surface area contributed by atoms with Crippen LogP contribution in [-0.4, -0.2) is 52.2 Å². The molecule has 4 aliphatic rings. The molecule has 3 aromatic rings. The van der Waals surface area contributed by atoms with Gasteiger partial charge in [-0.1, -0.05) is 75.3 Å². The maximum atomic E-state index is 14.6. The second-order valence-electron chi connectivity index (χ2n) is 11.9. The third-order valence-electron chi connectivity index (χ3n) is 9.30. The van der Waals surface area contributed by atoms with Crippen LogP contribution in [0.4, 0.5) is 10.5 Å². The number of ketones is 2. The van der Waals surface area contributed by atoms with E-state index < -0.39 is 46.8 Å². The lowest BCUT2D eigenvalue weighted by Gasteiger charge is -2.43. The number of phenolic OH excluding ortho intramolecular Hbond substituents is 1. The van der Waals surface area contributed by atoms with E-state index in [4.69, 9.17) is 9.47 Å². The van der Waals surface area contributed by atoms with Crippen molar-refractivity contribution in [3.8, 4) is 29.4 Å². The third kappa shape index (κ3) is 3.67. The molecule has 2 N–H and O–H groups in total. The fourth-order valence-corrected chi connectivity index (χ4v) is 7.23. The SMILES string of the molecule is C=CCOC(=O)N1c2c(cc(O)c3c2C(=O)c2cc4ccc(CC)cc4cc2C3=O)[C@@]23O[C@@]2(C(C)C)[C@@H]1C#C/C=C\C#C[C@@H]3O. The molecule has 7 rings (SSSR count). The number of aryl methyl sites for hydroxylation is 1. The fourth-order valence-electron chi connectivity index (χ4n) is 7.23. The van der Waals surface area contributed by atoms with Gasteiger partial charge in [-0.3, -0.25) is 14.5 Å². The maximum absolute atomic E-state index is 14.6. The summed E-state index contributed by atoms with van der Waals surface area (Å²) in [7, 11) is 0. The second-order valence-corrected chi connectivity index (χ2v) is 11.9. The molecule has 0 saturated carbocycles. The largest absolute Gasteiger partial charge is 0.507 e. The van der Waals surface area contributed by atoms with Gasteiger partial charge in [0.2, 0.25) is 0 Å². The molecule has 0 aromatic heterocycles. The van der Waals surface area contributed by atoms with Crippen molar-refractivity contribution in [2.45, 2.75) is 50.5 Å². The van der Waals surface area contributed by atoms with Crippen molar-refractivity contribution in [1.29, 1.82) is 0 Å². The summed E-state index contributed by atoms with van der Waals surface area (Å²) >= 11 is 0. The fraction of sp³-hybridized carbons (Fsp3) is 0.270. The van der Waals surface area contributed by atoms with Gasteiger partial charge in [0.25, 0.3) is 0 Å². The number of anilines is 1. The molecule has 0 radical (unpaired) electrons. The molecule has 3 aromatic carbocycles. The summed E-state index contributed by atoms with van der Waals surface area (Å²) in [6.07, 6.45) is 2.89. The predicted octanol–water partition coefficient (Wildman–Crippen LogP) is 4.95. The number of carbonyl (C=O) groups is 3. The molecule has 2 aliphatic carbocycles. The van der Waals surface area contributed by atoms with E-state index >= 15 is 0 Å². The Morgan fingerprint density at radius 2 is 1.76 bits per heavy atom. The van der Waals surface area contributed by atoms with Crippen LogP contribution < -0.4 is 4.90 Å². The van der Waals surface area contributed by atoms with Crippen molar-refractivity contribution in [1.82, 2.24) is 0 Å². The summed E-state index contributed by atoms with van der Waals surface area (Å²) in [6, 6.07) is 9.40. The van der Waals surface area contributed by atoms with Gasteiger partial charge in [-0.25, -0.2) is 4.79 Å². The number of ether oxygens (including phenoxy) is 2. The molecule has 2 heterocycles. The van der Waals surface area contributed by atoms with E-state index in [1.165, 1.54) is 29.2 Å². The number of hydrogen-bond donors (Lipinski definition) is 2. The highest BCUT2D eigenvalue weighted by atomic mass is 16.6. The van der Waals surface area contributed by atoms with Gasteiger partial charge in [0.05, 0.1) is 16.8 Å². The molecular formula is C37H29NO7. The zero-order valence-corrected chi connectivity index (χ0v) is 24.9. The number of fused-ring (bicyclic) bond motifs is 5. The summed E-state index contributed by atoms with van der Waals surface area (Å²) in [5.41, 5.74) is -1.83. The quantitative estimate of drug-likeness (QED) is 0.194. The zero-order valence-electron chi connectivity index (χ0n) is 24.9. The lowest BCUT2D eigenvalue weighted by Crippen LogP contribution is -2.59. The Morgan fingerprint density at radius 1 is 1.07 bits per heavy atom. The molecule has 1 fully saturated rings. The van der Waals surface area contributed by atoms with Gasteiger partial charge in [-0.15, -0.1) is 0 Å². The Hall–Kier alpha value is -5.15. The number of epoxide rings is 1. The zero-order chi connectivity index (χ0) is 31.8. The number of benzene rings is 3. The first-order valence-electron chi connectivity index (χ1n) is 14.8. The number of aromatic hydroxyl groups is 1. The van der Waals surface area contributed by atoms with E-state index in [-0.39, 0.29) is 46.0 Å². The van der Waals surface area contributed by atoms with Crippen molar-refractivity contribution in [3.63, 3.8) is 0 Å². The molecule has 8 nitrogen and oxygen atoms in total. The highest BCUT2D eigenvalue weighted by molar-refractivity contribution is 6.33. The summed E-state index contributed by atoms with van der Waals surface area (Å²) in [5.74, 6) is 9.65. The van der Waals surface area contributed by atoms with E-state index in [2.05, 4.69) is 30.3 Å². The van der Waals surface area contributed by atoms with Crippen molar-refractivity contribution >= 4 is 34.1 Å². The van der Waals surface area contributed by atoms with Crippen LogP contribution in [0, 0.1) is 29.6 Å². The molecule has 4 atom stereocenters. The minimum absolute atomic E-state index is 0.0132. The summed E-state index contributed by atoms with van der Waals surface area (Å²) < 4.78 is 12.1. The van der Waals surface area contributed by atoms with E-state index in [0.717, 1.165) is 22.8 Å². The van der Waals surface area contributed by atoms with Gasteiger partial charge in [-0.05, 0) is 59.0 Å². The van der Waals surface area contributed by atoms with Crippen LogP contribution in [0.15, 0.2) is 61.2 Å². The Labute approximate surface area is 259 Å². The van der Waals surface area contributed by atoms with Gasteiger partial charge >= 0.3 is 6.09 Å². The summed E-state index contributed by atoms with van der Waals surface area (Å²) in [6.45, 7) is 9.27. The molecule has 1 amide bonds. The van der Waals surface area contributed by atoms with Gasteiger partial charge in [0, 0.05) is 16.7 Å². The number of aliphatic hydroxyl groups excluding tert-OH is 1. The number of hydrogen-bond acceptors (Lipinski definition) is 7. The van der Waals surface area contributed by atoms with Crippen molar-refractivity contribution < 1.29 is 34.1 Å². The second kappa shape index (κ2) is 9.93. The molecule has 1 saturated heterocycles. The van der Waals surface area contributed by atoms with Gasteiger partial charge in [-0.2, -0.15) is 0 Å². The van der Waals surface area contributed by atoms with E-state index in [0.29, 0.717) is 0 Å². The Bertz CT molecular complexity index is 2050.